The second-order valence-corrected chi connectivity index (χ2v) is 4.77. The molecule has 0 atom stereocenters. The van der Waals surface area contributed by atoms with Crippen LogP contribution in [0, 0.1) is 11.3 Å². The van der Waals surface area contributed by atoms with E-state index < -0.39 is 5.97 Å². The third-order valence-electron chi connectivity index (χ3n) is 2.88. The largest absolute Gasteiger partial charge is 0.462 e. The van der Waals surface area contributed by atoms with Gasteiger partial charge in [0, 0.05) is 13.0 Å². The molecule has 0 spiro atoms. The quantitative estimate of drug-likeness (QED) is 0.487. The van der Waals surface area contributed by atoms with E-state index in [9.17, 15) is 4.79 Å². The van der Waals surface area contributed by atoms with Crippen LogP contribution in [0.1, 0.15) is 18.9 Å². The Kier molecular flexibility index (Phi) is 4.96. The molecule has 1 heterocycles. The summed E-state index contributed by atoms with van der Waals surface area (Å²) >= 11 is 5.85. The number of ether oxygens (including phenoxy) is 1. The fraction of sp³-hybridized carbons (Fsp3) is 0.267. The minimum atomic E-state index is -0.611. The maximum Gasteiger partial charge on any atom is 0.348 e. The molecule has 0 aromatic heterocycles. The highest BCUT2D eigenvalue weighted by Crippen LogP contribution is 2.21. The lowest BCUT2D eigenvalue weighted by Gasteiger charge is -2.13. The zero-order valence-corrected chi connectivity index (χ0v) is 12.3. The minimum absolute atomic E-state index is 0.0214. The van der Waals surface area contributed by atoms with Gasteiger partial charge in [-0.1, -0.05) is 23.7 Å². The molecule has 0 fully saturated rings. The Morgan fingerprint density at radius 3 is 2.76 bits per heavy atom. The number of esters is 1. The first kappa shape index (κ1) is 15.1. The summed E-state index contributed by atoms with van der Waals surface area (Å²) in [6, 6.07) is 9.21. The van der Waals surface area contributed by atoms with Crippen molar-refractivity contribution >= 4 is 34.5 Å². The molecule has 0 radical (unpaired) electrons. The Balaban J connectivity index is 2.15. The van der Waals surface area contributed by atoms with Crippen LogP contribution in [0.15, 0.2) is 34.9 Å². The lowest BCUT2D eigenvalue weighted by Crippen LogP contribution is -2.11. The summed E-state index contributed by atoms with van der Waals surface area (Å²) < 4.78 is 4.81. The van der Waals surface area contributed by atoms with Crippen LogP contribution in [0.3, 0.4) is 0 Å². The molecule has 0 saturated heterocycles. The molecule has 1 aromatic rings. The molecule has 5 nitrogen and oxygen atoms in total. The molecule has 1 aromatic carbocycles. The van der Waals surface area contributed by atoms with Gasteiger partial charge in [0.05, 0.1) is 12.3 Å². The van der Waals surface area contributed by atoms with Crippen LogP contribution in [-0.2, 0) is 9.53 Å². The predicted octanol–water partition coefficient (Wildman–Crippen LogP) is 2.92. The molecule has 21 heavy (non-hydrogen) atoms. The van der Waals surface area contributed by atoms with Crippen LogP contribution in [0.25, 0.3) is 6.08 Å². The van der Waals surface area contributed by atoms with Crippen molar-refractivity contribution in [3.8, 4) is 6.07 Å². The van der Waals surface area contributed by atoms with Gasteiger partial charge in [-0.25, -0.2) is 4.79 Å². The molecule has 2 rings (SSSR count). The van der Waals surface area contributed by atoms with E-state index in [1.807, 2.05) is 35.3 Å². The Hall–Kier alpha value is -2.32. The van der Waals surface area contributed by atoms with Gasteiger partial charge in [0.2, 0.25) is 0 Å². The summed E-state index contributed by atoms with van der Waals surface area (Å²) in [5.74, 6) is -0.611. The average molecular weight is 304 g/mol. The van der Waals surface area contributed by atoms with Gasteiger partial charge in [0.1, 0.15) is 16.8 Å². The molecule has 1 aliphatic heterocycles. The summed E-state index contributed by atoms with van der Waals surface area (Å²) in [5.41, 5.74) is 1.64. The lowest BCUT2D eigenvalue weighted by atomic mass is 10.1. The number of hydrazone groups is 1. The second-order valence-electron chi connectivity index (χ2n) is 4.33. The number of carbonyl (C=O) groups is 1. The Morgan fingerprint density at radius 2 is 2.24 bits per heavy atom. The topological polar surface area (TPSA) is 65.7 Å². The fourth-order valence-electron chi connectivity index (χ4n) is 1.87. The van der Waals surface area contributed by atoms with E-state index in [-0.39, 0.29) is 12.2 Å². The van der Waals surface area contributed by atoms with Gasteiger partial charge >= 0.3 is 5.97 Å². The third-order valence-corrected chi connectivity index (χ3v) is 3.14. The van der Waals surface area contributed by atoms with Crippen LogP contribution in [0.4, 0.5) is 5.69 Å². The van der Waals surface area contributed by atoms with Crippen LogP contribution >= 0.6 is 11.6 Å². The molecule has 108 valence electrons. The van der Waals surface area contributed by atoms with Crippen LogP contribution < -0.4 is 5.01 Å². The van der Waals surface area contributed by atoms with Crippen molar-refractivity contribution in [3.63, 3.8) is 0 Å². The van der Waals surface area contributed by atoms with Crippen molar-refractivity contribution < 1.29 is 9.53 Å². The molecule has 1 aliphatic rings. The van der Waals surface area contributed by atoms with Crippen molar-refractivity contribution in [2.24, 2.45) is 5.10 Å². The smallest absolute Gasteiger partial charge is 0.348 e. The molecular formula is C15H14ClN3O2. The van der Waals surface area contributed by atoms with Crippen LogP contribution in [0.2, 0.25) is 0 Å². The number of anilines is 1. The monoisotopic (exact) mass is 303 g/mol. The van der Waals surface area contributed by atoms with Gasteiger partial charge in [-0.05, 0) is 30.7 Å². The molecule has 0 N–H and O–H groups in total. The number of halogens is 1. The average Bonchev–Trinajstić information content (AvgIpc) is 2.92. The summed E-state index contributed by atoms with van der Waals surface area (Å²) in [6.07, 6.45) is 2.24. The number of benzene rings is 1. The lowest BCUT2D eigenvalue weighted by molar-refractivity contribution is -0.137. The highest BCUT2D eigenvalue weighted by atomic mass is 35.5. The van der Waals surface area contributed by atoms with E-state index >= 15 is 0 Å². The van der Waals surface area contributed by atoms with Crippen LogP contribution in [0.5, 0.6) is 0 Å². The number of nitrogens with zero attached hydrogens (tertiary/aromatic N) is 3. The minimum Gasteiger partial charge on any atom is -0.462 e. The molecule has 0 amide bonds. The molecule has 6 heteroatoms. The molecular weight excluding hydrogens is 290 g/mol. The van der Waals surface area contributed by atoms with Gasteiger partial charge in [-0.2, -0.15) is 10.4 Å². The van der Waals surface area contributed by atoms with E-state index in [0.29, 0.717) is 5.17 Å². The first-order valence-electron chi connectivity index (χ1n) is 6.53. The van der Waals surface area contributed by atoms with E-state index in [4.69, 9.17) is 21.6 Å². The van der Waals surface area contributed by atoms with Crippen molar-refractivity contribution in [2.45, 2.75) is 13.3 Å². The first-order valence-corrected chi connectivity index (χ1v) is 6.91. The van der Waals surface area contributed by atoms with Gasteiger partial charge in [-0.3, -0.25) is 5.01 Å². The van der Waals surface area contributed by atoms with Crippen molar-refractivity contribution in [2.75, 3.05) is 18.2 Å². The van der Waals surface area contributed by atoms with E-state index in [1.54, 1.807) is 6.92 Å². The highest BCUT2D eigenvalue weighted by molar-refractivity contribution is 6.65. The van der Waals surface area contributed by atoms with E-state index in [1.165, 1.54) is 6.08 Å². The number of rotatable bonds is 4. The molecule has 0 saturated carbocycles. The summed E-state index contributed by atoms with van der Waals surface area (Å²) in [4.78, 5) is 11.5. The van der Waals surface area contributed by atoms with Gasteiger partial charge in [0.25, 0.3) is 0 Å². The summed E-state index contributed by atoms with van der Waals surface area (Å²) in [5, 5.41) is 15.6. The SMILES string of the molecule is CCOC(=O)/C(C#N)=C\c1ccc(N2CCC(Cl)=N2)cc1. The molecule has 0 bridgehead atoms. The Labute approximate surface area is 128 Å². The van der Waals surface area contributed by atoms with E-state index in [2.05, 4.69) is 5.10 Å². The standard InChI is InChI=1S/C15H14ClN3O2/c1-2-21-15(20)12(10-17)9-11-3-5-13(6-4-11)19-8-7-14(16)18-19/h3-6,9H,2,7-8H2,1H3/b12-9-. The van der Waals surface area contributed by atoms with Gasteiger partial charge in [-0.15, -0.1) is 0 Å². The number of hydrogen-bond acceptors (Lipinski definition) is 5. The zero-order valence-electron chi connectivity index (χ0n) is 11.5. The van der Waals surface area contributed by atoms with Crippen molar-refractivity contribution in [1.29, 1.82) is 5.26 Å². The van der Waals surface area contributed by atoms with Gasteiger partial charge in [0.15, 0.2) is 0 Å². The van der Waals surface area contributed by atoms with Crippen LogP contribution in [-0.4, -0.2) is 24.3 Å². The molecule has 0 unspecified atom stereocenters. The van der Waals surface area contributed by atoms with E-state index in [0.717, 1.165) is 24.2 Å². The first-order chi connectivity index (χ1) is 10.1. The summed E-state index contributed by atoms with van der Waals surface area (Å²) in [6.45, 7) is 2.69. The van der Waals surface area contributed by atoms with Crippen molar-refractivity contribution in [3.05, 3.63) is 35.4 Å². The second kappa shape index (κ2) is 6.91. The van der Waals surface area contributed by atoms with Crippen molar-refractivity contribution in [1.82, 2.24) is 0 Å². The summed E-state index contributed by atoms with van der Waals surface area (Å²) in [7, 11) is 0. The Morgan fingerprint density at radius 1 is 1.52 bits per heavy atom. The number of hydrogen-bond donors (Lipinski definition) is 0. The normalized spacial score (nSPS) is 14.6. The predicted molar refractivity (Wildman–Crippen MR) is 81.9 cm³/mol. The Bertz CT molecular complexity index is 629. The molecule has 0 aliphatic carbocycles. The highest BCUT2D eigenvalue weighted by Gasteiger charge is 2.14. The van der Waals surface area contributed by atoms with Gasteiger partial charge < -0.3 is 4.74 Å². The number of carbonyl (C=O) groups excluding carboxylic acids is 1. The fourth-order valence-corrected chi connectivity index (χ4v) is 2.05. The zero-order chi connectivity index (χ0) is 15.2. The maximum absolute atomic E-state index is 11.5. The third kappa shape index (κ3) is 3.83. The number of nitriles is 1. The maximum atomic E-state index is 11.5.